The lowest BCUT2D eigenvalue weighted by Crippen LogP contribution is -2.55. The largest absolute Gasteiger partial charge is 0.327 e. The van der Waals surface area contributed by atoms with Gasteiger partial charge in [-0.05, 0) is 64.4 Å². The van der Waals surface area contributed by atoms with E-state index in [1.807, 2.05) is 25.1 Å². The van der Waals surface area contributed by atoms with Gasteiger partial charge in [-0.1, -0.05) is 43.2 Å². The lowest BCUT2D eigenvalue weighted by molar-refractivity contribution is 0.0452. The first-order valence-corrected chi connectivity index (χ1v) is 10.5. The van der Waals surface area contributed by atoms with E-state index in [9.17, 15) is 4.79 Å². The van der Waals surface area contributed by atoms with Crippen LogP contribution in [-0.2, 0) is 0 Å². The molecule has 0 aliphatic carbocycles. The number of likely N-dealkylation sites (N-methyl/N-ethyl adjacent to an activating group) is 1. The topological polar surface area (TPSA) is 36.4 Å². The van der Waals surface area contributed by atoms with Crippen LogP contribution < -0.4 is 0 Å². The van der Waals surface area contributed by atoms with Crippen LogP contribution in [0.5, 0.6) is 0 Å². The second kappa shape index (κ2) is 7.67. The molecule has 2 saturated heterocycles. The van der Waals surface area contributed by atoms with E-state index >= 15 is 0 Å². The Morgan fingerprint density at radius 3 is 2.61 bits per heavy atom. The summed E-state index contributed by atoms with van der Waals surface area (Å²) in [6.45, 7) is 5.42. The molecule has 4 rings (SSSR count). The van der Waals surface area contributed by atoms with E-state index in [0.29, 0.717) is 5.56 Å². The van der Waals surface area contributed by atoms with E-state index in [1.54, 1.807) is 6.20 Å². The van der Waals surface area contributed by atoms with Gasteiger partial charge in [0.05, 0.1) is 17.6 Å². The average molecular weight is 378 g/mol. The average Bonchev–Trinajstić information content (AvgIpc) is 3.00. The maximum Gasteiger partial charge on any atom is 0.256 e. The molecule has 1 aromatic heterocycles. The Morgan fingerprint density at radius 1 is 1.11 bits per heavy atom. The molecule has 2 fully saturated rings. The predicted molar refractivity (Wildman–Crippen MR) is 112 cm³/mol. The first-order chi connectivity index (χ1) is 13.5. The maximum atomic E-state index is 13.7. The number of nitrogens with zero attached hydrogens (tertiary/aromatic N) is 3. The molecule has 0 bridgehead atoms. The van der Waals surface area contributed by atoms with Crippen LogP contribution in [0.1, 0.15) is 66.7 Å². The van der Waals surface area contributed by atoms with Crippen LogP contribution >= 0.6 is 0 Å². The summed E-state index contributed by atoms with van der Waals surface area (Å²) >= 11 is 0. The number of fused-ring (bicyclic) bond motifs is 1. The van der Waals surface area contributed by atoms with Crippen LogP contribution in [-0.4, -0.2) is 45.9 Å². The highest BCUT2D eigenvalue weighted by Crippen LogP contribution is 2.48. The summed E-state index contributed by atoms with van der Waals surface area (Å²) in [5.41, 5.74) is 2.86. The van der Waals surface area contributed by atoms with Crippen molar-refractivity contribution in [2.24, 2.45) is 0 Å². The summed E-state index contributed by atoms with van der Waals surface area (Å²) < 4.78 is 0. The van der Waals surface area contributed by atoms with Crippen LogP contribution in [0.3, 0.4) is 0 Å². The predicted octanol–water partition coefficient (Wildman–Crippen LogP) is 4.61. The summed E-state index contributed by atoms with van der Waals surface area (Å²) in [6.07, 6.45) is 7.44. The summed E-state index contributed by atoms with van der Waals surface area (Å²) in [5, 5.41) is 0. The van der Waals surface area contributed by atoms with E-state index in [4.69, 9.17) is 0 Å². The number of pyridine rings is 1. The number of carbonyl (C=O) groups excluding carboxylic acids is 1. The van der Waals surface area contributed by atoms with Gasteiger partial charge < -0.3 is 4.90 Å². The van der Waals surface area contributed by atoms with Crippen LogP contribution in [0.25, 0.3) is 0 Å². The fourth-order valence-electron chi connectivity index (χ4n) is 5.10. The Labute approximate surface area is 168 Å². The first-order valence-electron chi connectivity index (χ1n) is 10.5. The second-order valence-corrected chi connectivity index (χ2v) is 8.68. The summed E-state index contributed by atoms with van der Waals surface area (Å²) in [7, 11) is 2.24. The third-order valence-corrected chi connectivity index (χ3v) is 6.92. The maximum absolute atomic E-state index is 13.7. The summed E-state index contributed by atoms with van der Waals surface area (Å²) in [5.74, 6) is 0.115. The molecule has 0 unspecified atom stereocenters. The van der Waals surface area contributed by atoms with Gasteiger partial charge in [-0.3, -0.25) is 14.7 Å². The van der Waals surface area contributed by atoms with Crippen molar-refractivity contribution in [3.63, 3.8) is 0 Å². The molecule has 2 aromatic rings. The highest BCUT2D eigenvalue weighted by molar-refractivity contribution is 5.94. The van der Waals surface area contributed by atoms with Crippen molar-refractivity contribution in [1.29, 1.82) is 0 Å². The van der Waals surface area contributed by atoms with Crippen molar-refractivity contribution in [1.82, 2.24) is 14.8 Å². The standard InChI is InChI=1S/C24H31N3O/c1-18-13-14-20(17-25-18)23(28)27-21(19-10-6-4-7-11-19)16-24(2)22(27)12-8-5-9-15-26(24)3/h4,6-7,10-11,13-14,17,21-22H,5,8-9,12,15-16H2,1-3H3/t21-,22-,24-/m0/s1. The fraction of sp³-hybridized carbons (Fsp3) is 0.500. The molecular weight excluding hydrogens is 346 g/mol. The Hall–Kier alpha value is -2.20. The van der Waals surface area contributed by atoms with Gasteiger partial charge in [-0.25, -0.2) is 0 Å². The number of hydrogen-bond acceptors (Lipinski definition) is 3. The molecule has 0 spiro atoms. The highest BCUT2D eigenvalue weighted by Gasteiger charge is 2.53. The molecule has 2 aliphatic heterocycles. The van der Waals surface area contributed by atoms with Gasteiger partial charge in [0.15, 0.2) is 0 Å². The SMILES string of the molecule is Cc1ccc(C(=O)N2[C@H]3CCCCCN(C)[C@@]3(C)C[C@H]2c2ccccc2)cn1. The zero-order chi connectivity index (χ0) is 19.7. The number of likely N-dealkylation sites (tertiary alicyclic amines) is 2. The quantitative estimate of drug-likeness (QED) is 0.767. The van der Waals surface area contributed by atoms with Crippen molar-refractivity contribution in [2.45, 2.75) is 63.6 Å². The highest BCUT2D eigenvalue weighted by atomic mass is 16.2. The second-order valence-electron chi connectivity index (χ2n) is 8.68. The van der Waals surface area contributed by atoms with Gasteiger partial charge in [0.1, 0.15) is 0 Å². The Kier molecular flexibility index (Phi) is 5.24. The van der Waals surface area contributed by atoms with E-state index in [0.717, 1.165) is 25.1 Å². The molecule has 2 aliphatic rings. The van der Waals surface area contributed by atoms with Gasteiger partial charge in [-0.15, -0.1) is 0 Å². The molecular formula is C24H31N3O. The van der Waals surface area contributed by atoms with Crippen molar-refractivity contribution in [3.8, 4) is 0 Å². The van der Waals surface area contributed by atoms with Gasteiger partial charge in [0, 0.05) is 17.4 Å². The van der Waals surface area contributed by atoms with Crippen molar-refractivity contribution in [3.05, 3.63) is 65.5 Å². The number of aromatic nitrogens is 1. The van der Waals surface area contributed by atoms with E-state index in [1.165, 1.54) is 24.8 Å². The number of amides is 1. The number of benzene rings is 1. The minimum atomic E-state index is -0.00524. The molecule has 4 nitrogen and oxygen atoms in total. The minimum Gasteiger partial charge on any atom is -0.327 e. The van der Waals surface area contributed by atoms with Crippen LogP contribution in [0, 0.1) is 6.92 Å². The van der Waals surface area contributed by atoms with Crippen LogP contribution in [0.15, 0.2) is 48.7 Å². The van der Waals surface area contributed by atoms with Crippen molar-refractivity contribution in [2.75, 3.05) is 13.6 Å². The molecule has 148 valence electrons. The smallest absolute Gasteiger partial charge is 0.256 e. The molecule has 0 N–H and O–H groups in total. The first kappa shape index (κ1) is 19.1. The Bertz CT molecular complexity index is 820. The molecule has 0 radical (unpaired) electrons. The number of aryl methyl sites for hydroxylation is 1. The fourth-order valence-corrected chi connectivity index (χ4v) is 5.10. The van der Waals surface area contributed by atoms with Gasteiger partial charge >= 0.3 is 0 Å². The Balaban J connectivity index is 1.77. The third kappa shape index (κ3) is 3.35. The number of hydrogen-bond donors (Lipinski definition) is 0. The summed E-state index contributed by atoms with van der Waals surface area (Å²) in [4.78, 5) is 22.8. The molecule has 3 atom stereocenters. The molecule has 3 heterocycles. The van der Waals surface area contributed by atoms with Crippen molar-refractivity contribution >= 4 is 5.91 Å². The van der Waals surface area contributed by atoms with E-state index < -0.39 is 0 Å². The lowest BCUT2D eigenvalue weighted by atomic mass is 9.84. The monoisotopic (exact) mass is 377 g/mol. The normalized spacial score (nSPS) is 28.5. The molecule has 28 heavy (non-hydrogen) atoms. The zero-order valence-electron chi connectivity index (χ0n) is 17.3. The van der Waals surface area contributed by atoms with E-state index in [-0.39, 0.29) is 23.5 Å². The molecule has 1 aromatic carbocycles. The van der Waals surface area contributed by atoms with E-state index in [2.05, 4.69) is 53.0 Å². The number of carbonyl (C=O) groups is 1. The van der Waals surface area contributed by atoms with Crippen LogP contribution in [0.2, 0.25) is 0 Å². The summed E-state index contributed by atoms with van der Waals surface area (Å²) in [6, 6.07) is 14.7. The lowest BCUT2D eigenvalue weighted by Gasteiger charge is -2.43. The van der Waals surface area contributed by atoms with Gasteiger partial charge in [-0.2, -0.15) is 0 Å². The number of rotatable bonds is 2. The zero-order valence-corrected chi connectivity index (χ0v) is 17.3. The molecule has 4 heteroatoms. The Morgan fingerprint density at radius 2 is 1.89 bits per heavy atom. The van der Waals surface area contributed by atoms with Gasteiger partial charge in [0.2, 0.25) is 0 Å². The van der Waals surface area contributed by atoms with Gasteiger partial charge in [0.25, 0.3) is 5.91 Å². The third-order valence-electron chi connectivity index (χ3n) is 6.92. The van der Waals surface area contributed by atoms with Crippen molar-refractivity contribution < 1.29 is 4.79 Å². The molecule has 1 amide bonds. The minimum absolute atomic E-state index is 0.00524. The van der Waals surface area contributed by atoms with Crippen LogP contribution in [0.4, 0.5) is 0 Å². The molecule has 0 saturated carbocycles.